The SMILES string of the molecule is O=C(O)c1cc(Cl)c(OCc2ccccc2Cl)cc1O. The van der Waals surface area contributed by atoms with Crippen LogP contribution in [0.25, 0.3) is 0 Å². The Kier molecular flexibility index (Phi) is 4.37. The second-order valence-electron chi connectivity index (χ2n) is 3.99. The highest BCUT2D eigenvalue weighted by Crippen LogP contribution is 2.33. The lowest BCUT2D eigenvalue weighted by Gasteiger charge is -2.10. The number of aromatic carboxylic acids is 1. The molecule has 0 saturated heterocycles. The molecule has 0 spiro atoms. The average molecular weight is 313 g/mol. The van der Waals surface area contributed by atoms with Gasteiger partial charge in [-0.2, -0.15) is 0 Å². The van der Waals surface area contributed by atoms with Gasteiger partial charge in [0.05, 0.1) is 5.02 Å². The number of phenols is 1. The minimum atomic E-state index is -1.26. The van der Waals surface area contributed by atoms with E-state index in [0.29, 0.717) is 5.02 Å². The van der Waals surface area contributed by atoms with E-state index >= 15 is 0 Å². The molecule has 0 atom stereocenters. The predicted molar refractivity (Wildman–Crippen MR) is 75.9 cm³/mol. The lowest BCUT2D eigenvalue weighted by molar-refractivity contribution is 0.0693. The zero-order valence-corrected chi connectivity index (χ0v) is 11.6. The van der Waals surface area contributed by atoms with Crippen LogP contribution in [0.2, 0.25) is 10.0 Å². The third-order valence-electron chi connectivity index (χ3n) is 2.62. The molecular weight excluding hydrogens is 303 g/mol. The standard InChI is InChI=1S/C14H10Cl2O4/c15-10-4-2-1-3-8(10)7-20-13-6-12(17)9(14(18)19)5-11(13)16/h1-6,17H,7H2,(H,18,19). The van der Waals surface area contributed by atoms with Crippen molar-refractivity contribution in [2.75, 3.05) is 0 Å². The number of ether oxygens (including phenoxy) is 1. The lowest BCUT2D eigenvalue weighted by atomic mass is 10.2. The van der Waals surface area contributed by atoms with Gasteiger partial charge in [-0.3, -0.25) is 0 Å². The molecule has 0 aliphatic carbocycles. The molecule has 20 heavy (non-hydrogen) atoms. The Morgan fingerprint density at radius 1 is 1.15 bits per heavy atom. The summed E-state index contributed by atoms with van der Waals surface area (Å²) < 4.78 is 5.45. The van der Waals surface area contributed by atoms with Crippen LogP contribution in [-0.4, -0.2) is 16.2 Å². The topological polar surface area (TPSA) is 66.8 Å². The third-order valence-corrected chi connectivity index (χ3v) is 3.29. The molecule has 0 amide bonds. The highest BCUT2D eigenvalue weighted by Gasteiger charge is 2.14. The van der Waals surface area contributed by atoms with Gasteiger partial charge in [0.1, 0.15) is 23.7 Å². The summed E-state index contributed by atoms with van der Waals surface area (Å²) in [4.78, 5) is 10.8. The quantitative estimate of drug-likeness (QED) is 0.896. The van der Waals surface area contributed by atoms with Crippen molar-refractivity contribution < 1.29 is 19.7 Å². The fourth-order valence-electron chi connectivity index (χ4n) is 1.60. The maximum atomic E-state index is 10.8. The molecule has 0 aromatic heterocycles. The monoisotopic (exact) mass is 312 g/mol. The number of benzene rings is 2. The Labute approximate surface area is 125 Å². The van der Waals surface area contributed by atoms with Crippen molar-refractivity contribution in [3.8, 4) is 11.5 Å². The molecule has 2 N–H and O–H groups in total. The fraction of sp³-hybridized carbons (Fsp3) is 0.0714. The van der Waals surface area contributed by atoms with Crippen LogP contribution < -0.4 is 4.74 Å². The van der Waals surface area contributed by atoms with Crippen molar-refractivity contribution in [3.05, 3.63) is 57.6 Å². The average Bonchev–Trinajstić information content (AvgIpc) is 2.40. The maximum absolute atomic E-state index is 10.8. The van der Waals surface area contributed by atoms with Gasteiger partial charge < -0.3 is 14.9 Å². The smallest absolute Gasteiger partial charge is 0.339 e. The van der Waals surface area contributed by atoms with Crippen molar-refractivity contribution >= 4 is 29.2 Å². The van der Waals surface area contributed by atoms with Crippen molar-refractivity contribution in [1.82, 2.24) is 0 Å². The lowest BCUT2D eigenvalue weighted by Crippen LogP contribution is -2.00. The van der Waals surface area contributed by atoms with Gasteiger partial charge in [-0.05, 0) is 12.1 Å². The first-order chi connectivity index (χ1) is 9.49. The first-order valence-electron chi connectivity index (χ1n) is 5.61. The Morgan fingerprint density at radius 3 is 2.50 bits per heavy atom. The zero-order chi connectivity index (χ0) is 14.7. The van der Waals surface area contributed by atoms with Gasteiger partial charge in [-0.25, -0.2) is 4.79 Å². The molecule has 6 heteroatoms. The van der Waals surface area contributed by atoms with E-state index in [1.807, 2.05) is 6.07 Å². The summed E-state index contributed by atoms with van der Waals surface area (Å²) in [7, 11) is 0. The Balaban J connectivity index is 2.21. The number of carboxylic acid groups (broad SMARTS) is 1. The number of hydrogen-bond donors (Lipinski definition) is 2. The summed E-state index contributed by atoms with van der Waals surface area (Å²) in [6, 6.07) is 9.45. The van der Waals surface area contributed by atoms with Gasteiger partial charge in [0.2, 0.25) is 0 Å². The van der Waals surface area contributed by atoms with E-state index in [0.717, 1.165) is 11.6 Å². The van der Waals surface area contributed by atoms with Gasteiger partial charge in [-0.15, -0.1) is 0 Å². The molecule has 2 rings (SSSR count). The number of carbonyl (C=O) groups is 1. The van der Waals surface area contributed by atoms with Gasteiger partial charge in [0.15, 0.2) is 0 Å². The summed E-state index contributed by atoms with van der Waals surface area (Å²) in [6.45, 7) is 0.158. The summed E-state index contributed by atoms with van der Waals surface area (Å²) >= 11 is 11.9. The van der Waals surface area contributed by atoms with Crippen LogP contribution in [0.3, 0.4) is 0 Å². The van der Waals surface area contributed by atoms with Crippen LogP contribution in [0.15, 0.2) is 36.4 Å². The first kappa shape index (κ1) is 14.5. The van der Waals surface area contributed by atoms with E-state index in [9.17, 15) is 9.90 Å². The first-order valence-corrected chi connectivity index (χ1v) is 6.36. The van der Waals surface area contributed by atoms with E-state index < -0.39 is 11.7 Å². The van der Waals surface area contributed by atoms with Crippen molar-refractivity contribution in [2.45, 2.75) is 6.61 Å². The number of rotatable bonds is 4. The van der Waals surface area contributed by atoms with Gasteiger partial charge in [0.25, 0.3) is 0 Å². The number of aromatic hydroxyl groups is 1. The van der Waals surface area contributed by atoms with Crippen molar-refractivity contribution in [1.29, 1.82) is 0 Å². The molecule has 0 aliphatic rings. The van der Waals surface area contributed by atoms with Crippen LogP contribution >= 0.6 is 23.2 Å². The molecule has 2 aromatic rings. The Morgan fingerprint density at radius 2 is 1.85 bits per heavy atom. The van der Waals surface area contributed by atoms with Crippen LogP contribution in [-0.2, 0) is 6.61 Å². The molecule has 0 fully saturated rings. The number of hydrogen-bond acceptors (Lipinski definition) is 3. The summed E-state index contributed by atoms with van der Waals surface area (Å²) in [5.74, 6) is -1.48. The van der Waals surface area contributed by atoms with Crippen LogP contribution in [0.4, 0.5) is 0 Å². The number of halogens is 2. The second kappa shape index (κ2) is 6.03. The maximum Gasteiger partial charge on any atom is 0.339 e. The summed E-state index contributed by atoms with van der Waals surface area (Å²) in [5, 5.41) is 19.1. The van der Waals surface area contributed by atoms with Crippen molar-refractivity contribution in [3.63, 3.8) is 0 Å². The zero-order valence-electron chi connectivity index (χ0n) is 10.1. The minimum absolute atomic E-state index is 0.104. The molecule has 0 aliphatic heterocycles. The highest BCUT2D eigenvalue weighted by atomic mass is 35.5. The number of carboxylic acids is 1. The summed E-state index contributed by atoms with van der Waals surface area (Å²) in [6.07, 6.45) is 0. The highest BCUT2D eigenvalue weighted by molar-refractivity contribution is 6.32. The Hall–Kier alpha value is -1.91. The van der Waals surface area contributed by atoms with E-state index in [2.05, 4.69) is 0 Å². The molecule has 0 radical (unpaired) electrons. The van der Waals surface area contributed by atoms with Crippen LogP contribution in [0, 0.1) is 0 Å². The molecule has 4 nitrogen and oxygen atoms in total. The largest absolute Gasteiger partial charge is 0.507 e. The molecule has 0 unspecified atom stereocenters. The molecule has 104 valence electrons. The van der Waals surface area contributed by atoms with Gasteiger partial charge >= 0.3 is 5.97 Å². The van der Waals surface area contributed by atoms with E-state index in [4.69, 9.17) is 33.0 Å². The molecule has 2 aromatic carbocycles. The second-order valence-corrected chi connectivity index (χ2v) is 4.80. The van der Waals surface area contributed by atoms with Gasteiger partial charge in [0, 0.05) is 16.7 Å². The molecule has 0 saturated carbocycles. The molecule has 0 bridgehead atoms. The van der Waals surface area contributed by atoms with E-state index in [1.54, 1.807) is 18.2 Å². The third kappa shape index (κ3) is 3.15. The van der Waals surface area contributed by atoms with E-state index in [1.165, 1.54) is 6.07 Å². The van der Waals surface area contributed by atoms with Crippen LogP contribution in [0.5, 0.6) is 11.5 Å². The molecule has 0 heterocycles. The fourth-order valence-corrected chi connectivity index (χ4v) is 2.00. The Bertz CT molecular complexity index is 656. The normalized spacial score (nSPS) is 10.3. The van der Waals surface area contributed by atoms with Gasteiger partial charge in [-0.1, -0.05) is 41.4 Å². The summed E-state index contributed by atoms with van der Waals surface area (Å²) in [5.41, 5.74) is 0.479. The van der Waals surface area contributed by atoms with E-state index in [-0.39, 0.29) is 22.9 Å². The van der Waals surface area contributed by atoms with Crippen LogP contribution in [0.1, 0.15) is 15.9 Å². The predicted octanol–water partition coefficient (Wildman–Crippen LogP) is 3.98. The molecular formula is C14H10Cl2O4. The minimum Gasteiger partial charge on any atom is -0.507 e. The van der Waals surface area contributed by atoms with Crippen molar-refractivity contribution in [2.24, 2.45) is 0 Å².